The van der Waals surface area contributed by atoms with Gasteiger partial charge in [-0.3, -0.25) is 10.1 Å². The van der Waals surface area contributed by atoms with Crippen LogP contribution >= 0.6 is 0 Å². The summed E-state index contributed by atoms with van der Waals surface area (Å²) in [6.07, 6.45) is 4.28. The van der Waals surface area contributed by atoms with E-state index in [0.717, 1.165) is 29.0 Å². The third kappa shape index (κ3) is 2.97. The summed E-state index contributed by atoms with van der Waals surface area (Å²) in [7, 11) is 0. The van der Waals surface area contributed by atoms with E-state index in [2.05, 4.69) is 20.3 Å². The molecule has 0 bridgehead atoms. The summed E-state index contributed by atoms with van der Waals surface area (Å²) in [5.41, 5.74) is 0.798. The average Bonchev–Trinajstić information content (AvgIpc) is 3.00. The molecule has 0 spiro atoms. The lowest BCUT2D eigenvalue weighted by Crippen LogP contribution is -2.07. The molecule has 0 amide bonds. The molecule has 0 aliphatic heterocycles. The summed E-state index contributed by atoms with van der Waals surface area (Å²) in [4.78, 5) is 21.9. The zero-order chi connectivity index (χ0) is 14.7. The van der Waals surface area contributed by atoms with Gasteiger partial charge in [0.1, 0.15) is 11.6 Å². The van der Waals surface area contributed by atoms with E-state index in [9.17, 15) is 10.1 Å². The first-order chi connectivity index (χ1) is 10.2. The van der Waals surface area contributed by atoms with Gasteiger partial charge in [0, 0.05) is 42.9 Å². The van der Waals surface area contributed by atoms with Gasteiger partial charge in [-0.25, -0.2) is 9.97 Å². The standard InChI is InChI=1S/C14H13N5O2/c20-19(21)11-2-3-12-10(9-11)1-4-14(18-12)15-6-5-13-16-7-8-17-13/h1-4,7-9H,5-6H2,(H,15,18)(H,16,17). The van der Waals surface area contributed by atoms with Crippen LogP contribution in [0.2, 0.25) is 0 Å². The van der Waals surface area contributed by atoms with Crippen LogP contribution in [0, 0.1) is 10.1 Å². The Morgan fingerprint density at radius 3 is 2.95 bits per heavy atom. The van der Waals surface area contributed by atoms with Crippen LogP contribution < -0.4 is 5.32 Å². The van der Waals surface area contributed by atoms with Gasteiger partial charge in [-0.1, -0.05) is 0 Å². The summed E-state index contributed by atoms with van der Waals surface area (Å²) >= 11 is 0. The molecule has 2 aromatic heterocycles. The van der Waals surface area contributed by atoms with Crippen molar-refractivity contribution >= 4 is 22.4 Å². The lowest BCUT2D eigenvalue weighted by molar-refractivity contribution is -0.384. The minimum atomic E-state index is -0.408. The second kappa shape index (κ2) is 5.58. The molecule has 7 nitrogen and oxygen atoms in total. The average molecular weight is 283 g/mol. The van der Waals surface area contributed by atoms with Crippen molar-refractivity contribution in [2.24, 2.45) is 0 Å². The number of non-ortho nitro benzene ring substituents is 1. The molecule has 2 heterocycles. The molecule has 0 unspecified atom stereocenters. The minimum Gasteiger partial charge on any atom is -0.370 e. The molecule has 7 heteroatoms. The van der Waals surface area contributed by atoms with E-state index in [-0.39, 0.29) is 5.69 Å². The van der Waals surface area contributed by atoms with Gasteiger partial charge in [-0.05, 0) is 18.2 Å². The molecule has 0 radical (unpaired) electrons. The fraction of sp³-hybridized carbons (Fsp3) is 0.143. The second-order valence-electron chi connectivity index (χ2n) is 4.54. The Morgan fingerprint density at radius 2 is 2.19 bits per heavy atom. The van der Waals surface area contributed by atoms with Crippen LogP contribution in [0.5, 0.6) is 0 Å². The molecular formula is C14H13N5O2. The first-order valence-electron chi connectivity index (χ1n) is 6.50. The number of H-pyrrole nitrogens is 1. The van der Waals surface area contributed by atoms with Crippen molar-refractivity contribution in [2.75, 3.05) is 11.9 Å². The number of nitrogens with one attached hydrogen (secondary N) is 2. The van der Waals surface area contributed by atoms with Crippen LogP contribution in [0.3, 0.4) is 0 Å². The van der Waals surface area contributed by atoms with Gasteiger partial charge in [0.2, 0.25) is 0 Å². The molecule has 21 heavy (non-hydrogen) atoms. The van der Waals surface area contributed by atoms with Crippen molar-refractivity contribution in [3.05, 3.63) is 58.7 Å². The number of fused-ring (bicyclic) bond motifs is 1. The Labute approximate surface area is 120 Å². The highest BCUT2D eigenvalue weighted by Crippen LogP contribution is 2.20. The van der Waals surface area contributed by atoms with Crippen molar-refractivity contribution in [2.45, 2.75) is 6.42 Å². The highest BCUT2D eigenvalue weighted by Gasteiger charge is 2.07. The number of nitro benzene ring substituents is 1. The van der Waals surface area contributed by atoms with Crippen LogP contribution in [-0.4, -0.2) is 26.4 Å². The number of pyridine rings is 1. The van der Waals surface area contributed by atoms with Gasteiger partial charge in [0.25, 0.3) is 5.69 Å². The first-order valence-corrected chi connectivity index (χ1v) is 6.50. The summed E-state index contributed by atoms with van der Waals surface area (Å²) in [5, 5.41) is 14.7. The molecule has 2 N–H and O–H groups in total. The third-order valence-electron chi connectivity index (χ3n) is 3.11. The molecular weight excluding hydrogens is 270 g/mol. The van der Waals surface area contributed by atoms with Crippen LogP contribution in [0.1, 0.15) is 5.82 Å². The zero-order valence-electron chi connectivity index (χ0n) is 11.1. The number of benzene rings is 1. The van der Waals surface area contributed by atoms with E-state index in [1.165, 1.54) is 12.1 Å². The van der Waals surface area contributed by atoms with E-state index in [1.54, 1.807) is 18.5 Å². The smallest absolute Gasteiger partial charge is 0.270 e. The largest absolute Gasteiger partial charge is 0.370 e. The maximum absolute atomic E-state index is 10.7. The van der Waals surface area contributed by atoms with Gasteiger partial charge < -0.3 is 10.3 Å². The zero-order valence-corrected chi connectivity index (χ0v) is 11.1. The molecule has 0 aliphatic rings. The molecule has 0 fully saturated rings. The lowest BCUT2D eigenvalue weighted by Gasteiger charge is -2.05. The summed E-state index contributed by atoms with van der Waals surface area (Å²) in [6.45, 7) is 0.707. The van der Waals surface area contributed by atoms with Crippen LogP contribution in [-0.2, 0) is 6.42 Å². The second-order valence-corrected chi connectivity index (χ2v) is 4.54. The summed E-state index contributed by atoms with van der Waals surface area (Å²) in [5.74, 6) is 1.65. The van der Waals surface area contributed by atoms with E-state index >= 15 is 0 Å². The number of hydrogen-bond acceptors (Lipinski definition) is 5. The quantitative estimate of drug-likeness (QED) is 0.554. The number of nitro groups is 1. The topological polar surface area (TPSA) is 96.7 Å². The Balaban J connectivity index is 1.72. The van der Waals surface area contributed by atoms with Crippen molar-refractivity contribution in [3.63, 3.8) is 0 Å². The highest BCUT2D eigenvalue weighted by molar-refractivity contribution is 5.82. The monoisotopic (exact) mass is 283 g/mol. The minimum absolute atomic E-state index is 0.0721. The van der Waals surface area contributed by atoms with Crippen molar-refractivity contribution in [3.8, 4) is 0 Å². The number of imidazole rings is 1. The highest BCUT2D eigenvalue weighted by atomic mass is 16.6. The lowest BCUT2D eigenvalue weighted by atomic mass is 10.2. The Morgan fingerprint density at radius 1 is 1.29 bits per heavy atom. The van der Waals surface area contributed by atoms with Crippen molar-refractivity contribution < 1.29 is 4.92 Å². The van der Waals surface area contributed by atoms with Crippen molar-refractivity contribution in [1.82, 2.24) is 15.0 Å². The number of nitrogens with zero attached hydrogens (tertiary/aromatic N) is 3. The predicted octanol–water partition coefficient (Wildman–Crippen LogP) is 2.52. The molecule has 0 atom stereocenters. The molecule has 0 saturated heterocycles. The molecule has 3 aromatic rings. The van der Waals surface area contributed by atoms with Crippen LogP contribution in [0.25, 0.3) is 10.9 Å². The molecule has 0 aliphatic carbocycles. The Kier molecular flexibility index (Phi) is 3.46. The first kappa shape index (κ1) is 13.0. The molecule has 106 valence electrons. The number of anilines is 1. The molecule has 3 rings (SSSR count). The maximum Gasteiger partial charge on any atom is 0.270 e. The number of aromatic amines is 1. The molecule has 1 aromatic carbocycles. The van der Waals surface area contributed by atoms with E-state index in [1.807, 2.05) is 12.1 Å². The SMILES string of the molecule is O=[N+]([O-])c1ccc2nc(NCCc3ncc[nH]3)ccc2c1. The Hall–Kier alpha value is -2.96. The number of aromatic nitrogens is 3. The fourth-order valence-electron chi connectivity index (χ4n) is 2.07. The van der Waals surface area contributed by atoms with Crippen molar-refractivity contribution in [1.29, 1.82) is 0 Å². The third-order valence-corrected chi connectivity index (χ3v) is 3.11. The molecule has 0 saturated carbocycles. The van der Waals surface area contributed by atoms with Gasteiger partial charge in [-0.15, -0.1) is 0 Å². The van der Waals surface area contributed by atoms with Gasteiger partial charge >= 0.3 is 0 Å². The normalized spacial score (nSPS) is 10.7. The van der Waals surface area contributed by atoms with Gasteiger partial charge in [-0.2, -0.15) is 0 Å². The summed E-state index contributed by atoms with van der Waals surface area (Å²) in [6, 6.07) is 8.28. The predicted molar refractivity (Wildman–Crippen MR) is 79.2 cm³/mol. The fourth-order valence-corrected chi connectivity index (χ4v) is 2.07. The number of hydrogen-bond donors (Lipinski definition) is 2. The number of rotatable bonds is 5. The summed E-state index contributed by atoms with van der Waals surface area (Å²) < 4.78 is 0. The van der Waals surface area contributed by atoms with Crippen LogP contribution in [0.15, 0.2) is 42.7 Å². The van der Waals surface area contributed by atoms with E-state index in [0.29, 0.717) is 6.54 Å². The van der Waals surface area contributed by atoms with Gasteiger partial charge in [0.05, 0.1) is 10.4 Å². The van der Waals surface area contributed by atoms with Crippen LogP contribution in [0.4, 0.5) is 11.5 Å². The Bertz CT molecular complexity index is 770. The maximum atomic E-state index is 10.7. The van der Waals surface area contributed by atoms with Gasteiger partial charge in [0.15, 0.2) is 0 Å². The van der Waals surface area contributed by atoms with E-state index in [4.69, 9.17) is 0 Å². The van der Waals surface area contributed by atoms with E-state index < -0.39 is 4.92 Å².